The summed E-state index contributed by atoms with van der Waals surface area (Å²) in [7, 11) is 0. The second kappa shape index (κ2) is 14.1. The molecule has 0 aliphatic carbocycles. The van der Waals surface area contributed by atoms with Crippen molar-refractivity contribution >= 4 is 23.7 Å². The van der Waals surface area contributed by atoms with E-state index in [4.69, 9.17) is 4.74 Å². The summed E-state index contributed by atoms with van der Waals surface area (Å²) in [5, 5.41) is 25.7. The first kappa shape index (κ1) is 31.6. The van der Waals surface area contributed by atoms with Crippen molar-refractivity contribution in [1.82, 2.24) is 21.1 Å². The van der Waals surface area contributed by atoms with Gasteiger partial charge in [0.1, 0.15) is 23.9 Å². The van der Waals surface area contributed by atoms with Gasteiger partial charge in [-0.05, 0) is 74.4 Å². The number of nitrogens with zero attached hydrogens (tertiary/aromatic N) is 1. The number of carbonyl (C=O) groups is 4. The summed E-state index contributed by atoms with van der Waals surface area (Å²) in [5.41, 5.74) is 5.36. The van der Waals surface area contributed by atoms with Crippen LogP contribution in [0.4, 0.5) is 0 Å². The Kier molecular flexibility index (Phi) is 10.8. The molecular weight excluding hydrogens is 528 g/mol. The number of aliphatic carboxylic acids is 1. The van der Waals surface area contributed by atoms with Gasteiger partial charge in [0.05, 0.1) is 6.10 Å². The van der Waals surface area contributed by atoms with Crippen LogP contribution < -0.4 is 20.8 Å². The maximum absolute atomic E-state index is 13.0. The van der Waals surface area contributed by atoms with E-state index in [0.717, 1.165) is 16.7 Å². The van der Waals surface area contributed by atoms with Crippen LogP contribution in [-0.2, 0) is 19.2 Å². The lowest BCUT2D eigenvalue weighted by Gasteiger charge is -2.34. The Morgan fingerprint density at radius 3 is 2.24 bits per heavy atom. The molecule has 222 valence electrons. The Morgan fingerprint density at radius 1 is 0.951 bits per heavy atom. The molecule has 41 heavy (non-hydrogen) atoms. The third kappa shape index (κ3) is 8.51. The highest BCUT2D eigenvalue weighted by molar-refractivity contribution is 5.93. The predicted octanol–water partition coefficient (Wildman–Crippen LogP) is 2.40. The fourth-order valence-electron chi connectivity index (χ4n) is 4.49. The topological polar surface area (TPSA) is 157 Å². The number of rotatable bonds is 11. The normalized spacial score (nSPS) is 18.1. The molecule has 5 N–H and O–H groups in total. The van der Waals surface area contributed by atoms with Crippen molar-refractivity contribution in [3.63, 3.8) is 0 Å². The van der Waals surface area contributed by atoms with Crippen LogP contribution >= 0.6 is 0 Å². The van der Waals surface area contributed by atoms with Gasteiger partial charge in [0.15, 0.2) is 6.10 Å². The number of carboxylic acids is 1. The monoisotopic (exact) mass is 568 g/mol. The number of ether oxygens (including phenoxy) is 1. The standard InChI is InChI=1S/C30H40N4O7/c1-17(2)26(28(37)31-18(3)29(38)34-15-7-10-25(33-34)30(39)40)32-27(36)20(5)41-24-13-11-21(12-14-24)23-9-6-8-22(16-23)19(4)35/h6,8-9,11-14,16-20,25-26,33,35H,7,10,15H2,1-5H3,(H,31,37)(H,32,36)(H,39,40)/t18?,19?,20?,25-,26?/m0/s1. The molecule has 0 aromatic heterocycles. The van der Waals surface area contributed by atoms with Crippen LogP contribution in [0.5, 0.6) is 5.75 Å². The van der Waals surface area contributed by atoms with Crippen molar-refractivity contribution in [2.45, 2.75) is 77.8 Å². The van der Waals surface area contributed by atoms with Crippen molar-refractivity contribution in [2.75, 3.05) is 6.54 Å². The second-order valence-corrected chi connectivity index (χ2v) is 10.7. The number of hydrazine groups is 1. The minimum atomic E-state index is -1.04. The fourth-order valence-corrected chi connectivity index (χ4v) is 4.49. The van der Waals surface area contributed by atoms with E-state index in [1.54, 1.807) is 39.8 Å². The quantitative estimate of drug-likeness (QED) is 0.277. The molecular formula is C30H40N4O7. The zero-order chi connectivity index (χ0) is 30.3. The average molecular weight is 569 g/mol. The number of nitrogens with one attached hydrogen (secondary N) is 3. The molecule has 1 aliphatic rings. The molecule has 1 saturated heterocycles. The first-order chi connectivity index (χ1) is 19.4. The second-order valence-electron chi connectivity index (χ2n) is 10.7. The van der Waals surface area contributed by atoms with Gasteiger partial charge in [0, 0.05) is 6.54 Å². The van der Waals surface area contributed by atoms with Gasteiger partial charge in [-0.25, -0.2) is 5.43 Å². The molecule has 0 saturated carbocycles. The maximum atomic E-state index is 13.0. The first-order valence-corrected chi connectivity index (χ1v) is 13.8. The largest absolute Gasteiger partial charge is 0.481 e. The first-order valence-electron chi connectivity index (χ1n) is 13.8. The molecule has 0 spiro atoms. The van der Waals surface area contributed by atoms with Gasteiger partial charge in [-0.2, -0.15) is 0 Å². The summed E-state index contributed by atoms with van der Waals surface area (Å²) in [6.45, 7) is 8.69. The van der Waals surface area contributed by atoms with Crippen molar-refractivity contribution < 1.29 is 34.1 Å². The minimum Gasteiger partial charge on any atom is -0.481 e. The Balaban J connectivity index is 1.57. The van der Waals surface area contributed by atoms with Gasteiger partial charge in [-0.1, -0.05) is 44.2 Å². The molecule has 3 rings (SSSR count). The van der Waals surface area contributed by atoms with Crippen LogP contribution in [0, 0.1) is 5.92 Å². The molecule has 1 fully saturated rings. The number of aliphatic hydroxyl groups is 1. The highest BCUT2D eigenvalue weighted by Gasteiger charge is 2.33. The van der Waals surface area contributed by atoms with E-state index >= 15 is 0 Å². The van der Waals surface area contributed by atoms with Crippen LogP contribution in [0.25, 0.3) is 11.1 Å². The van der Waals surface area contributed by atoms with Crippen molar-refractivity contribution in [3.8, 4) is 16.9 Å². The van der Waals surface area contributed by atoms with E-state index in [2.05, 4.69) is 16.1 Å². The number of aliphatic hydroxyl groups excluding tert-OH is 1. The number of hydrogen-bond donors (Lipinski definition) is 5. The number of benzene rings is 2. The minimum absolute atomic E-state index is 0.283. The van der Waals surface area contributed by atoms with Gasteiger partial charge in [-0.15, -0.1) is 0 Å². The number of hydrogen-bond acceptors (Lipinski definition) is 7. The molecule has 3 amide bonds. The Labute approximate surface area is 240 Å². The average Bonchev–Trinajstić information content (AvgIpc) is 2.95. The number of carbonyl (C=O) groups excluding carboxylic acids is 3. The smallest absolute Gasteiger partial charge is 0.322 e. The summed E-state index contributed by atoms with van der Waals surface area (Å²) < 4.78 is 5.82. The lowest BCUT2D eigenvalue weighted by Crippen LogP contribution is -2.61. The van der Waals surface area contributed by atoms with Gasteiger partial charge >= 0.3 is 5.97 Å². The SMILES string of the molecule is CC(NC(=O)C(NC(=O)C(C)Oc1ccc(-c2cccc(C(C)O)c2)cc1)C(C)C)C(=O)N1CCC[C@@H](C(=O)O)N1. The van der Waals surface area contributed by atoms with E-state index in [9.17, 15) is 29.4 Å². The maximum Gasteiger partial charge on any atom is 0.322 e. The van der Waals surface area contributed by atoms with Gasteiger partial charge in [0.2, 0.25) is 5.91 Å². The molecule has 1 aliphatic heterocycles. The highest BCUT2D eigenvalue weighted by atomic mass is 16.5. The van der Waals surface area contributed by atoms with Crippen LogP contribution in [0.15, 0.2) is 48.5 Å². The summed E-state index contributed by atoms with van der Waals surface area (Å²) in [6.07, 6.45) is -0.546. The lowest BCUT2D eigenvalue weighted by atomic mass is 10.0. The van der Waals surface area contributed by atoms with Crippen LogP contribution in [0.3, 0.4) is 0 Å². The zero-order valence-corrected chi connectivity index (χ0v) is 24.1. The molecule has 2 aromatic carbocycles. The molecule has 4 unspecified atom stereocenters. The van der Waals surface area contributed by atoms with E-state index in [0.29, 0.717) is 25.1 Å². The van der Waals surface area contributed by atoms with E-state index in [-0.39, 0.29) is 5.92 Å². The Hall–Kier alpha value is -3.96. The molecule has 2 aromatic rings. The van der Waals surface area contributed by atoms with Crippen LogP contribution in [0.2, 0.25) is 0 Å². The van der Waals surface area contributed by atoms with Crippen LogP contribution in [-0.4, -0.2) is 69.7 Å². The van der Waals surface area contributed by atoms with Crippen molar-refractivity contribution in [1.29, 1.82) is 0 Å². The number of carboxylic acid groups (broad SMARTS) is 1. The van der Waals surface area contributed by atoms with Crippen molar-refractivity contribution in [2.24, 2.45) is 5.92 Å². The predicted molar refractivity (Wildman–Crippen MR) is 152 cm³/mol. The van der Waals surface area contributed by atoms with Gasteiger partial charge in [-0.3, -0.25) is 24.2 Å². The van der Waals surface area contributed by atoms with Crippen LogP contribution in [0.1, 0.15) is 59.1 Å². The Morgan fingerprint density at radius 2 is 1.63 bits per heavy atom. The van der Waals surface area contributed by atoms with Gasteiger partial charge in [0.25, 0.3) is 11.8 Å². The van der Waals surface area contributed by atoms with E-state index in [1.807, 2.05) is 36.4 Å². The summed E-state index contributed by atoms with van der Waals surface area (Å²) in [6, 6.07) is 12.1. The van der Waals surface area contributed by atoms with Gasteiger partial charge < -0.3 is 25.6 Å². The molecule has 5 atom stereocenters. The summed E-state index contributed by atoms with van der Waals surface area (Å²) in [4.78, 5) is 50.1. The van der Waals surface area contributed by atoms with E-state index in [1.165, 1.54) is 11.9 Å². The highest BCUT2D eigenvalue weighted by Crippen LogP contribution is 2.25. The summed E-state index contributed by atoms with van der Waals surface area (Å²) in [5.74, 6) is -2.34. The lowest BCUT2D eigenvalue weighted by molar-refractivity contribution is -0.148. The summed E-state index contributed by atoms with van der Waals surface area (Å²) >= 11 is 0. The molecule has 0 radical (unpaired) electrons. The third-order valence-electron chi connectivity index (χ3n) is 6.97. The molecule has 11 nitrogen and oxygen atoms in total. The van der Waals surface area contributed by atoms with E-state index < -0.39 is 54.0 Å². The molecule has 0 bridgehead atoms. The molecule has 1 heterocycles. The Bertz CT molecular complexity index is 1230. The zero-order valence-electron chi connectivity index (χ0n) is 24.1. The number of amides is 3. The van der Waals surface area contributed by atoms with Crippen molar-refractivity contribution in [3.05, 3.63) is 54.1 Å². The molecule has 11 heteroatoms. The third-order valence-corrected chi connectivity index (χ3v) is 6.97. The fraction of sp³-hybridized carbons (Fsp3) is 0.467.